The number of carbonyl (C=O) groups is 1. The number of nitrogens with one attached hydrogen (secondary N) is 2. The van der Waals surface area contributed by atoms with Gasteiger partial charge in [0.25, 0.3) is 0 Å². The van der Waals surface area contributed by atoms with Gasteiger partial charge in [-0.1, -0.05) is 41.3 Å². The molecule has 0 bridgehead atoms. The Labute approximate surface area is 190 Å². The third kappa shape index (κ3) is 5.96. The molecule has 9 heteroatoms. The van der Waals surface area contributed by atoms with E-state index in [0.717, 1.165) is 17.7 Å². The Morgan fingerprint density at radius 3 is 2.50 bits per heavy atom. The van der Waals surface area contributed by atoms with Crippen LogP contribution in [0.1, 0.15) is 37.0 Å². The first-order valence-electron chi connectivity index (χ1n) is 10.4. The molecule has 0 fully saturated rings. The summed E-state index contributed by atoms with van der Waals surface area (Å²) >= 11 is 0. The van der Waals surface area contributed by atoms with E-state index < -0.39 is 17.7 Å². The van der Waals surface area contributed by atoms with Gasteiger partial charge in [-0.05, 0) is 48.2 Å². The average molecular weight is 461 g/mol. The molecule has 2 atom stereocenters. The van der Waals surface area contributed by atoms with E-state index in [1.54, 1.807) is 6.07 Å². The highest BCUT2D eigenvalue weighted by Gasteiger charge is 2.28. The van der Waals surface area contributed by atoms with E-state index in [9.17, 15) is 13.6 Å². The lowest BCUT2D eigenvalue weighted by atomic mass is 10.0. The summed E-state index contributed by atoms with van der Waals surface area (Å²) in [6.07, 6.45) is -0.0400. The lowest BCUT2D eigenvalue weighted by molar-refractivity contribution is -0.131. The highest BCUT2D eigenvalue weighted by Crippen LogP contribution is 2.27. The smallest absolute Gasteiger partial charge is 0.224 e. The third-order valence-corrected chi connectivity index (χ3v) is 5.30. The molecule has 1 aliphatic heterocycles. The van der Waals surface area contributed by atoms with Crippen LogP contribution in [0.15, 0.2) is 36.4 Å². The number of fused-ring (bicyclic) bond motifs is 1. The molecule has 3 rings (SSSR count). The van der Waals surface area contributed by atoms with Crippen molar-refractivity contribution in [1.82, 2.24) is 4.90 Å². The van der Waals surface area contributed by atoms with Gasteiger partial charge in [-0.25, -0.2) is 8.78 Å². The second kappa shape index (κ2) is 11.2. The summed E-state index contributed by atoms with van der Waals surface area (Å²) < 4.78 is 27.9. The molecule has 1 heterocycles. The Hall–Kier alpha value is -2.70. The van der Waals surface area contributed by atoms with Crippen molar-refractivity contribution >= 4 is 32.2 Å². The molecular weight excluding hydrogens is 431 g/mol. The van der Waals surface area contributed by atoms with Gasteiger partial charge in [0.05, 0.1) is 12.2 Å². The van der Waals surface area contributed by atoms with Crippen LogP contribution >= 0.6 is 9.24 Å². The molecule has 2 aromatic carbocycles. The summed E-state index contributed by atoms with van der Waals surface area (Å²) in [5, 5.41) is 16.3. The first-order chi connectivity index (χ1) is 15.2. The summed E-state index contributed by atoms with van der Waals surface area (Å²) in [5.41, 5.74) is 8.02. The summed E-state index contributed by atoms with van der Waals surface area (Å²) in [6, 6.07) is 8.85. The van der Waals surface area contributed by atoms with Crippen molar-refractivity contribution in [3.63, 3.8) is 0 Å². The van der Waals surface area contributed by atoms with Crippen LogP contribution in [0.2, 0.25) is 0 Å². The van der Waals surface area contributed by atoms with Crippen LogP contribution < -0.4 is 10.6 Å². The van der Waals surface area contributed by atoms with E-state index in [1.807, 2.05) is 32.0 Å². The van der Waals surface area contributed by atoms with Crippen molar-refractivity contribution in [2.75, 3.05) is 11.4 Å². The zero-order valence-electron chi connectivity index (χ0n) is 18.6. The van der Waals surface area contributed by atoms with E-state index in [2.05, 4.69) is 9.24 Å². The van der Waals surface area contributed by atoms with Gasteiger partial charge in [-0.15, -0.1) is 0 Å². The van der Waals surface area contributed by atoms with Crippen molar-refractivity contribution in [3.8, 4) is 0 Å². The van der Waals surface area contributed by atoms with Crippen molar-refractivity contribution < 1.29 is 13.6 Å². The molecule has 0 aromatic heterocycles. The number of amides is 1. The highest BCUT2D eigenvalue weighted by atomic mass is 31.0. The van der Waals surface area contributed by atoms with Crippen LogP contribution in [-0.2, 0) is 17.8 Å². The van der Waals surface area contributed by atoms with Crippen molar-refractivity contribution in [3.05, 3.63) is 64.7 Å². The molecule has 6 nitrogen and oxygen atoms in total. The van der Waals surface area contributed by atoms with Gasteiger partial charge in [0.2, 0.25) is 5.91 Å². The van der Waals surface area contributed by atoms with Crippen LogP contribution in [0.3, 0.4) is 0 Å². The van der Waals surface area contributed by atoms with Gasteiger partial charge >= 0.3 is 0 Å². The van der Waals surface area contributed by atoms with Gasteiger partial charge in [0, 0.05) is 19.0 Å². The van der Waals surface area contributed by atoms with E-state index in [4.69, 9.17) is 16.6 Å². The monoisotopic (exact) mass is 461 g/mol. The molecule has 0 aliphatic carbocycles. The van der Waals surface area contributed by atoms with Gasteiger partial charge < -0.3 is 10.6 Å². The third-order valence-electron chi connectivity index (χ3n) is 5.04. The molecule has 0 saturated carbocycles. The Morgan fingerprint density at radius 2 is 1.84 bits per heavy atom. The van der Waals surface area contributed by atoms with Gasteiger partial charge in [0.1, 0.15) is 23.0 Å². The summed E-state index contributed by atoms with van der Waals surface area (Å²) in [5.74, 6) is -1.25. The van der Waals surface area contributed by atoms with Crippen molar-refractivity contribution in [2.24, 2.45) is 5.73 Å². The predicted molar refractivity (Wildman–Crippen MR) is 128 cm³/mol. The predicted octanol–water partition coefficient (Wildman–Crippen LogP) is 4.20. The standard InChI is InChI=1S/C21H24F2N5OP.C2H6/c1-12-6-17(23)14(8-16(12)22)7-15(24)9-20(29)27-10-13-4-2-3-5-18(13)28(21(26)30)19(25)11-27;1-2/h2-6,8,15,25-26H,7,9-11,24,30H2,1H3;1-2H3. The van der Waals surface area contributed by atoms with E-state index in [-0.39, 0.29) is 54.4 Å². The van der Waals surface area contributed by atoms with E-state index >= 15 is 0 Å². The minimum absolute atomic E-state index is 0.0184. The SMILES string of the molecule is CC.Cc1cc(F)c(CC(N)CC(=O)N2CC(=N)N(C(=N)P)c3ccccc3C2)cc1F. The second-order valence-corrected chi connectivity index (χ2v) is 7.95. The number of rotatable bonds is 4. The number of anilines is 1. The van der Waals surface area contributed by atoms with E-state index in [0.29, 0.717) is 5.69 Å². The number of amidine groups is 2. The number of hydrogen-bond donors (Lipinski definition) is 3. The first-order valence-corrected chi connectivity index (χ1v) is 11.0. The number of hydrogen-bond acceptors (Lipinski definition) is 4. The van der Waals surface area contributed by atoms with Gasteiger partial charge in [0.15, 0.2) is 0 Å². The number of para-hydroxylation sites is 1. The molecule has 0 radical (unpaired) electrons. The molecule has 172 valence electrons. The maximum Gasteiger partial charge on any atom is 0.224 e. The zero-order valence-corrected chi connectivity index (χ0v) is 19.7. The van der Waals surface area contributed by atoms with Gasteiger partial charge in [-0.2, -0.15) is 0 Å². The number of nitrogens with zero attached hydrogens (tertiary/aromatic N) is 2. The van der Waals surface area contributed by atoms with Crippen LogP contribution in [0.5, 0.6) is 0 Å². The molecule has 1 aliphatic rings. The number of aryl methyl sites for hydroxylation is 1. The Morgan fingerprint density at radius 1 is 1.19 bits per heavy atom. The molecule has 2 aromatic rings. The fourth-order valence-corrected chi connectivity index (χ4v) is 3.82. The summed E-state index contributed by atoms with van der Waals surface area (Å²) in [7, 11) is 2.27. The average Bonchev–Trinajstić information content (AvgIpc) is 2.89. The van der Waals surface area contributed by atoms with Crippen molar-refractivity contribution in [2.45, 2.75) is 46.2 Å². The molecule has 1 amide bonds. The molecule has 4 N–H and O–H groups in total. The van der Waals surface area contributed by atoms with Crippen molar-refractivity contribution in [1.29, 1.82) is 10.8 Å². The minimum atomic E-state index is -0.696. The molecule has 0 saturated heterocycles. The summed E-state index contributed by atoms with van der Waals surface area (Å²) in [6.45, 7) is 5.77. The maximum atomic E-state index is 14.1. The number of halogens is 2. The largest absolute Gasteiger partial charge is 0.331 e. The molecule has 32 heavy (non-hydrogen) atoms. The minimum Gasteiger partial charge on any atom is -0.331 e. The topological polar surface area (TPSA) is 97.3 Å². The number of benzene rings is 2. The van der Waals surface area contributed by atoms with E-state index in [1.165, 1.54) is 16.7 Å². The Bertz CT molecular complexity index is 1010. The van der Waals surface area contributed by atoms with Crippen LogP contribution in [0.25, 0.3) is 0 Å². The molecule has 2 unspecified atom stereocenters. The first kappa shape index (κ1) is 25.6. The summed E-state index contributed by atoms with van der Waals surface area (Å²) in [4.78, 5) is 15.9. The van der Waals surface area contributed by atoms with Crippen LogP contribution in [0.4, 0.5) is 14.5 Å². The Kier molecular flexibility index (Phi) is 8.99. The lowest BCUT2D eigenvalue weighted by Gasteiger charge is -2.24. The highest BCUT2D eigenvalue weighted by molar-refractivity contribution is 7.41. The van der Waals surface area contributed by atoms with Gasteiger partial charge in [-0.3, -0.25) is 20.5 Å². The fourth-order valence-electron chi connectivity index (χ4n) is 3.52. The maximum absolute atomic E-state index is 14.1. The zero-order chi connectivity index (χ0) is 24.0. The Balaban J connectivity index is 0.00000176. The number of carbonyl (C=O) groups excluding carboxylic acids is 1. The van der Waals surface area contributed by atoms with Crippen LogP contribution in [-0.4, -0.2) is 34.8 Å². The molecule has 0 spiro atoms. The normalized spacial score (nSPS) is 14.2. The second-order valence-electron chi connectivity index (χ2n) is 7.41. The van der Waals surface area contributed by atoms with Crippen LogP contribution in [0, 0.1) is 29.4 Å². The lowest BCUT2D eigenvalue weighted by Crippen LogP contribution is -2.42. The quantitative estimate of drug-likeness (QED) is 0.362. The fraction of sp³-hybridized carbons (Fsp3) is 0.348. The molecular formula is C23H30F2N5OP. The number of nitrogens with two attached hydrogens (primary N) is 1.